The van der Waals surface area contributed by atoms with E-state index in [2.05, 4.69) is 15.5 Å². The summed E-state index contributed by atoms with van der Waals surface area (Å²) >= 11 is 3.02. The third-order valence-electron chi connectivity index (χ3n) is 1.68. The fourth-order valence-corrected chi connectivity index (χ4v) is 2.19. The van der Waals surface area contributed by atoms with Gasteiger partial charge < -0.3 is 5.32 Å². The molecule has 78 valence electrons. The van der Waals surface area contributed by atoms with Crippen LogP contribution in [-0.4, -0.2) is 16.5 Å². The van der Waals surface area contributed by atoms with Gasteiger partial charge in [0.05, 0.1) is 0 Å². The van der Waals surface area contributed by atoms with E-state index in [9.17, 15) is 4.39 Å². The van der Waals surface area contributed by atoms with E-state index in [1.165, 1.54) is 23.5 Å². The molecule has 0 fully saturated rings. The first-order valence-electron chi connectivity index (χ1n) is 4.18. The number of nitrogens with one attached hydrogen (secondary N) is 1. The van der Waals surface area contributed by atoms with Crippen molar-refractivity contribution in [1.29, 1.82) is 0 Å². The van der Waals surface area contributed by atoms with Gasteiger partial charge in [-0.05, 0) is 30.5 Å². The molecule has 6 heteroatoms. The van der Waals surface area contributed by atoms with Crippen LogP contribution in [0.3, 0.4) is 0 Å². The minimum Gasteiger partial charge on any atom is -0.330 e. The Hall–Kier alpha value is -1.14. The van der Waals surface area contributed by atoms with Gasteiger partial charge in [-0.25, -0.2) is 4.39 Å². The predicted molar refractivity (Wildman–Crippen MR) is 61.4 cm³/mol. The maximum Gasteiger partial charge on any atom is 0.210 e. The third-order valence-corrected chi connectivity index (χ3v) is 3.49. The van der Waals surface area contributed by atoms with Crippen molar-refractivity contribution in [3.8, 4) is 0 Å². The highest BCUT2D eigenvalue weighted by Gasteiger charge is 2.02. The number of benzene rings is 1. The number of halogens is 1. The lowest BCUT2D eigenvalue weighted by Gasteiger charge is -1.99. The number of thioether (sulfide) groups is 1. The van der Waals surface area contributed by atoms with Crippen molar-refractivity contribution < 1.29 is 4.39 Å². The molecule has 1 aromatic heterocycles. The van der Waals surface area contributed by atoms with Crippen LogP contribution < -0.4 is 5.32 Å². The number of hydrogen-bond donors (Lipinski definition) is 1. The molecule has 1 aromatic carbocycles. The smallest absolute Gasteiger partial charge is 0.210 e. The number of anilines is 2. The second-order valence-corrected chi connectivity index (χ2v) is 4.74. The van der Waals surface area contributed by atoms with Gasteiger partial charge in [-0.3, -0.25) is 0 Å². The zero-order valence-corrected chi connectivity index (χ0v) is 9.53. The van der Waals surface area contributed by atoms with Crippen LogP contribution in [0.25, 0.3) is 0 Å². The van der Waals surface area contributed by atoms with Crippen molar-refractivity contribution in [3.05, 3.63) is 30.1 Å². The minimum atomic E-state index is -0.248. The molecule has 0 atom stereocenters. The first-order valence-corrected chi connectivity index (χ1v) is 6.22. The fraction of sp³-hybridized carbons (Fsp3) is 0.111. The average molecular weight is 241 g/mol. The van der Waals surface area contributed by atoms with Gasteiger partial charge in [0.2, 0.25) is 5.13 Å². The fourth-order valence-electron chi connectivity index (χ4n) is 0.999. The number of hydrogen-bond acceptors (Lipinski definition) is 5. The van der Waals surface area contributed by atoms with Crippen molar-refractivity contribution in [2.75, 3.05) is 11.6 Å². The van der Waals surface area contributed by atoms with Crippen LogP contribution in [0.4, 0.5) is 15.2 Å². The van der Waals surface area contributed by atoms with Crippen LogP contribution in [0.15, 0.2) is 28.6 Å². The largest absolute Gasteiger partial charge is 0.330 e. The molecule has 2 rings (SSSR count). The first-order chi connectivity index (χ1) is 7.28. The van der Waals surface area contributed by atoms with Gasteiger partial charge in [-0.1, -0.05) is 23.1 Å². The number of rotatable bonds is 3. The molecule has 0 saturated carbocycles. The second kappa shape index (κ2) is 4.59. The Morgan fingerprint density at radius 2 is 2.00 bits per heavy atom. The Bertz CT molecular complexity index is 441. The second-order valence-electron chi connectivity index (χ2n) is 2.71. The van der Waals surface area contributed by atoms with E-state index in [1.54, 1.807) is 23.9 Å². The van der Waals surface area contributed by atoms with Crippen molar-refractivity contribution in [1.82, 2.24) is 10.2 Å². The summed E-state index contributed by atoms with van der Waals surface area (Å²) in [6, 6.07) is 6.13. The predicted octanol–water partition coefficient (Wildman–Crippen LogP) is 3.14. The molecule has 1 N–H and O–H groups in total. The topological polar surface area (TPSA) is 37.8 Å². The van der Waals surface area contributed by atoms with Gasteiger partial charge in [0.1, 0.15) is 5.82 Å². The molecule has 0 amide bonds. The summed E-state index contributed by atoms with van der Waals surface area (Å²) in [6.07, 6.45) is 1.95. The normalized spacial score (nSPS) is 10.3. The van der Waals surface area contributed by atoms with Gasteiger partial charge in [0.25, 0.3) is 0 Å². The van der Waals surface area contributed by atoms with E-state index >= 15 is 0 Å². The van der Waals surface area contributed by atoms with Crippen molar-refractivity contribution in [3.63, 3.8) is 0 Å². The van der Waals surface area contributed by atoms with E-state index in [0.717, 1.165) is 10.0 Å². The van der Waals surface area contributed by atoms with Crippen LogP contribution in [0, 0.1) is 5.82 Å². The molecule has 3 nitrogen and oxygen atoms in total. The molecule has 0 aliphatic carbocycles. The van der Waals surface area contributed by atoms with Crippen LogP contribution in [0.1, 0.15) is 0 Å². The van der Waals surface area contributed by atoms with E-state index in [-0.39, 0.29) is 5.82 Å². The number of aromatic nitrogens is 2. The molecule has 2 aromatic rings. The van der Waals surface area contributed by atoms with Crippen LogP contribution in [0.5, 0.6) is 0 Å². The van der Waals surface area contributed by atoms with Crippen LogP contribution in [-0.2, 0) is 0 Å². The lowest BCUT2D eigenvalue weighted by Crippen LogP contribution is -1.89. The Morgan fingerprint density at radius 1 is 1.27 bits per heavy atom. The van der Waals surface area contributed by atoms with Crippen molar-refractivity contribution >= 4 is 33.9 Å². The zero-order valence-electron chi connectivity index (χ0n) is 7.90. The van der Waals surface area contributed by atoms with Crippen molar-refractivity contribution in [2.45, 2.75) is 4.34 Å². The molecule has 0 aliphatic heterocycles. The quantitative estimate of drug-likeness (QED) is 0.838. The summed E-state index contributed by atoms with van der Waals surface area (Å²) < 4.78 is 13.5. The Labute approximate surface area is 94.7 Å². The van der Waals surface area contributed by atoms with E-state index in [4.69, 9.17) is 0 Å². The zero-order chi connectivity index (χ0) is 10.7. The monoisotopic (exact) mass is 241 g/mol. The molecular weight excluding hydrogens is 233 g/mol. The molecule has 0 aliphatic rings. The summed E-state index contributed by atoms with van der Waals surface area (Å²) in [7, 11) is 0. The molecule has 0 unspecified atom stereocenters. The third kappa shape index (κ3) is 2.66. The van der Waals surface area contributed by atoms with Gasteiger partial charge in [-0.15, -0.1) is 10.2 Å². The van der Waals surface area contributed by atoms with Gasteiger partial charge in [0.15, 0.2) is 4.34 Å². The molecule has 0 spiro atoms. The SMILES string of the molecule is CSc1nnc(Nc2ccc(F)cc2)s1. The highest BCUT2D eigenvalue weighted by Crippen LogP contribution is 2.25. The summed E-state index contributed by atoms with van der Waals surface area (Å²) in [6.45, 7) is 0. The van der Waals surface area contributed by atoms with Crippen LogP contribution >= 0.6 is 23.1 Å². The molecule has 0 saturated heterocycles. The highest BCUT2D eigenvalue weighted by atomic mass is 32.2. The maximum atomic E-state index is 12.6. The molecular formula is C9H8FN3S2. The van der Waals surface area contributed by atoms with E-state index in [0.29, 0.717) is 5.13 Å². The van der Waals surface area contributed by atoms with Crippen molar-refractivity contribution in [2.24, 2.45) is 0 Å². The van der Waals surface area contributed by atoms with E-state index < -0.39 is 0 Å². The number of nitrogens with zero attached hydrogens (tertiary/aromatic N) is 2. The van der Waals surface area contributed by atoms with Gasteiger partial charge in [0, 0.05) is 5.69 Å². The summed E-state index contributed by atoms with van der Waals surface area (Å²) in [5, 5.41) is 11.7. The lowest BCUT2D eigenvalue weighted by molar-refractivity contribution is 0.628. The van der Waals surface area contributed by atoms with Gasteiger partial charge >= 0.3 is 0 Å². The molecule has 15 heavy (non-hydrogen) atoms. The Kier molecular flexibility index (Phi) is 3.17. The Morgan fingerprint density at radius 3 is 2.60 bits per heavy atom. The Balaban J connectivity index is 2.11. The average Bonchev–Trinajstić information content (AvgIpc) is 2.69. The van der Waals surface area contributed by atoms with Gasteiger partial charge in [-0.2, -0.15) is 0 Å². The maximum absolute atomic E-state index is 12.6. The minimum absolute atomic E-state index is 0.248. The van der Waals surface area contributed by atoms with Crippen LogP contribution in [0.2, 0.25) is 0 Å². The summed E-state index contributed by atoms with van der Waals surface area (Å²) in [5.41, 5.74) is 0.806. The molecule has 1 heterocycles. The highest BCUT2D eigenvalue weighted by molar-refractivity contribution is 8.00. The first kappa shape index (κ1) is 10.4. The lowest BCUT2D eigenvalue weighted by atomic mass is 10.3. The van der Waals surface area contributed by atoms with E-state index in [1.807, 2.05) is 6.26 Å². The molecule has 0 bridgehead atoms. The molecule has 0 radical (unpaired) electrons. The summed E-state index contributed by atoms with van der Waals surface area (Å²) in [4.78, 5) is 0. The standard InChI is InChI=1S/C9H8FN3S2/c1-14-9-13-12-8(15-9)11-7-4-2-6(10)3-5-7/h2-5H,1H3,(H,11,12). The summed E-state index contributed by atoms with van der Waals surface area (Å²) in [5.74, 6) is -0.248.